The maximum atomic E-state index is 5.26. The molecule has 14 nitrogen and oxygen atoms in total. The average Bonchev–Trinajstić information content (AvgIpc) is 4.14. The number of piperidine rings is 1. The van der Waals surface area contributed by atoms with E-state index < -0.39 is 0 Å². The number of anilines is 2. The molecule has 0 aliphatic carbocycles. The van der Waals surface area contributed by atoms with Crippen molar-refractivity contribution in [3.63, 3.8) is 0 Å². The van der Waals surface area contributed by atoms with Gasteiger partial charge < -0.3 is 34.4 Å². The Morgan fingerprint density at radius 1 is 0.614 bits per heavy atom. The Morgan fingerprint density at radius 3 is 1.79 bits per heavy atom. The molecule has 0 spiro atoms. The minimum Gasteiger partial charge on any atom is -0.481 e. The van der Waals surface area contributed by atoms with Gasteiger partial charge in [0.1, 0.15) is 0 Å². The third-order valence-electron chi connectivity index (χ3n) is 13.4. The molecule has 4 aromatic carbocycles. The summed E-state index contributed by atoms with van der Waals surface area (Å²) < 4.78 is 11.6. The van der Waals surface area contributed by atoms with Crippen LogP contribution in [0, 0.1) is 5.92 Å². The molecule has 7 aromatic heterocycles. The van der Waals surface area contributed by atoms with Crippen LogP contribution in [0.2, 0.25) is 0 Å². The summed E-state index contributed by atoms with van der Waals surface area (Å²) >= 11 is 0. The molecule has 3 N–H and O–H groups in total. The van der Waals surface area contributed by atoms with Gasteiger partial charge in [-0.15, -0.1) is 0 Å². The van der Waals surface area contributed by atoms with E-state index in [0.29, 0.717) is 11.8 Å². The van der Waals surface area contributed by atoms with Gasteiger partial charge in [-0.3, -0.25) is 24.9 Å². The highest BCUT2D eigenvalue weighted by Crippen LogP contribution is 2.38. The van der Waals surface area contributed by atoms with Crippen LogP contribution < -0.4 is 20.7 Å². The number of nitrogens with one attached hydrogen (secondary N) is 3. The zero-order chi connectivity index (χ0) is 47.6. The predicted octanol–water partition coefficient (Wildman–Crippen LogP) is 10.5. The lowest BCUT2D eigenvalue weighted by Gasteiger charge is -2.31. The van der Waals surface area contributed by atoms with Gasteiger partial charge in [0.15, 0.2) is 0 Å². The second-order valence-corrected chi connectivity index (χ2v) is 18.0. The van der Waals surface area contributed by atoms with E-state index in [1.807, 2.05) is 54.6 Å². The topological polar surface area (TPSA) is 150 Å². The summed E-state index contributed by atoms with van der Waals surface area (Å²) in [6, 6.07) is 33.7. The van der Waals surface area contributed by atoms with Crippen molar-refractivity contribution in [3.05, 3.63) is 182 Å². The van der Waals surface area contributed by atoms with Crippen molar-refractivity contribution in [3.8, 4) is 28.1 Å². The molecule has 70 heavy (non-hydrogen) atoms. The number of hydrogen-bond donors (Lipinski definition) is 3. The minimum absolute atomic E-state index is 0.139. The van der Waals surface area contributed by atoms with E-state index in [4.69, 9.17) is 14.7 Å². The summed E-state index contributed by atoms with van der Waals surface area (Å²) in [5, 5.41) is 13.5. The molecule has 1 fully saturated rings. The number of rotatable bonds is 11. The molecule has 11 aromatic rings. The monoisotopic (exact) mass is 923 g/mol. The molecule has 0 saturated carbocycles. The van der Waals surface area contributed by atoms with Crippen molar-refractivity contribution >= 4 is 55.2 Å². The predicted molar refractivity (Wildman–Crippen MR) is 279 cm³/mol. The highest BCUT2D eigenvalue weighted by molar-refractivity contribution is 5.98. The number of aromatic nitrogens is 10. The number of methoxy groups -OCH3 is 1. The molecule has 2 unspecified atom stereocenters. The van der Waals surface area contributed by atoms with Gasteiger partial charge >= 0.3 is 0 Å². The van der Waals surface area contributed by atoms with Gasteiger partial charge in [-0.05, 0) is 126 Å². The summed E-state index contributed by atoms with van der Waals surface area (Å²) in [6.07, 6.45) is 22.9. The van der Waals surface area contributed by atoms with Crippen molar-refractivity contribution in [1.29, 1.82) is 0 Å². The fourth-order valence-corrected chi connectivity index (χ4v) is 9.76. The highest BCUT2D eigenvalue weighted by Gasteiger charge is 2.27. The number of ether oxygens (including phenoxy) is 1. The summed E-state index contributed by atoms with van der Waals surface area (Å²) in [7, 11) is 7.78. The third kappa shape index (κ3) is 8.99. The van der Waals surface area contributed by atoms with E-state index in [0.717, 1.165) is 98.4 Å². The Kier molecular flexibility index (Phi) is 12.1. The number of nitrogens with zero attached hydrogens (tertiary/aromatic N) is 10. The smallest absolute Gasteiger partial charge is 0.212 e. The first-order valence-corrected chi connectivity index (χ1v) is 23.6. The van der Waals surface area contributed by atoms with Crippen LogP contribution in [0.15, 0.2) is 165 Å². The Hall–Kier alpha value is -8.49. The second-order valence-electron chi connectivity index (χ2n) is 18.0. The molecule has 14 heteroatoms. The molecule has 1 saturated heterocycles. The third-order valence-corrected chi connectivity index (χ3v) is 13.4. The van der Waals surface area contributed by atoms with Gasteiger partial charge in [-0.25, -0.2) is 9.97 Å². The largest absolute Gasteiger partial charge is 0.481 e. The van der Waals surface area contributed by atoms with Gasteiger partial charge in [0.25, 0.3) is 0 Å². The fraction of sp³-hybridized carbons (Fsp3) is 0.196. The summed E-state index contributed by atoms with van der Waals surface area (Å²) in [5.41, 5.74) is 15.3. The molecular formula is C56H53N13O. The molecule has 348 valence electrons. The van der Waals surface area contributed by atoms with Crippen LogP contribution in [0.3, 0.4) is 0 Å². The molecule has 0 radical (unpaired) electrons. The normalized spacial score (nSPS) is 13.8. The number of pyridine rings is 2. The van der Waals surface area contributed by atoms with Crippen LogP contribution >= 0.6 is 0 Å². The Labute approximate surface area is 405 Å². The molecule has 1 aliphatic rings. The van der Waals surface area contributed by atoms with E-state index >= 15 is 0 Å². The number of hydrogen-bond acceptors (Lipinski definition) is 11. The Balaban J connectivity index is 0.000000153. The first-order valence-electron chi connectivity index (χ1n) is 23.6. The van der Waals surface area contributed by atoms with Crippen LogP contribution in [-0.2, 0) is 21.1 Å². The molecule has 0 bridgehead atoms. The average molecular weight is 924 g/mol. The van der Waals surface area contributed by atoms with Crippen molar-refractivity contribution in [2.75, 3.05) is 30.8 Å². The minimum atomic E-state index is -0.172. The van der Waals surface area contributed by atoms with Crippen molar-refractivity contribution in [1.82, 2.24) is 53.9 Å². The molecule has 0 amide bonds. The Morgan fingerprint density at radius 2 is 1.23 bits per heavy atom. The number of aryl methyl sites for hydroxylation is 3. The van der Waals surface area contributed by atoms with Crippen LogP contribution in [0.1, 0.15) is 41.7 Å². The summed E-state index contributed by atoms with van der Waals surface area (Å²) in [5.74, 6) is 1.08. The van der Waals surface area contributed by atoms with Crippen LogP contribution in [0.25, 0.3) is 66.1 Å². The molecule has 12 rings (SSSR count). The number of imidazole rings is 1. The van der Waals surface area contributed by atoms with E-state index in [9.17, 15) is 0 Å². The lowest BCUT2D eigenvalue weighted by atomic mass is 9.88. The van der Waals surface area contributed by atoms with Crippen molar-refractivity contribution in [2.24, 2.45) is 27.1 Å². The standard InChI is InChI=1S/C29H24N6O.C27H29N7/c1-35-13-9-19-5-6-20(14-26(19)35)24-15-23(16-25-29(24)32-12-11-31-25)34-28(21-4-3-10-30-17-21)22-7-8-27(36-2)33-18-22;1-33-16-24(31-17-33)26(19-5-8-28-9-6-19)32-21-14-22(27-23(15-21)29-10-11-30-27)20-4-3-18-7-12-34(2)25(18)13-20/h3-18,28,34H,1-2H3;3-4,7,10-17,19,26,28,32H,5-6,8-9H2,1-2H3. The van der Waals surface area contributed by atoms with Gasteiger partial charge in [0, 0.05) is 123 Å². The molecule has 1 aliphatic heterocycles. The Bertz CT molecular complexity index is 3600. The van der Waals surface area contributed by atoms with Crippen LogP contribution in [-0.4, -0.2) is 68.8 Å². The molecular weight excluding hydrogens is 871 g/mol. The number of benzene rings is 4. The quantitative estimate of drug-likeness (QED) is 0.114. The van der Waals surface area contributed by atoms with Gasteiger partial charge in [-0.2, -0.15) is 0 Å². The van der Waals surface area contributed by atoms with Crippen molar-refractivity contribution in [2.45, 2.75) is 24.9 Å². The first-order chi connectivity index (χ1) is 34.3. The zero-order valence-electron chi connectivity index (χ0n) is 39.5. The van der Waals surface area contributed by atoms with Gasteiger partial charge in [-0.1, -0.05) is 30.3 Å². The second kappa shape index (κ2) is 19.2. The van der Waals surface area contributed by atoms with Crippen LogP contribution in [0.5, 0.6) is 5.88 Å². The van der Waals surface area contributed by atoms with Crippen molar-refractivity contribution < 1.29 is 4.74 Å². The van der Waals surface area contributed by atoms with Gasteiger partial charge in [0.2, 0.25) is 5.88 Å². The first kappa shape index (κ1) is 44.0. The fourth-order valence-electron chi connectivity index (χ4n) is 9.76. The SMILES string of the molecule is COc1ccc(C(Nc2cc(-c3ccc4ccn(C)c4c3)c3nccnc3c2)c2cccnc2)cn1.Cn1cnc(C(Nc2cc(-c3ccc4ccn(C)c4c3)c3nccnc3c2)C2CCNCC2)c1. The summed E-state index contributed by atoms with van der Waals surface area (Å²) in [6.45, 7) is 2.08. The number of fused-ring (bicyclic) bond motifs is 4. The lowest BCUT2D eigenvalue weighted by molar-refractivity contribution is 0.332. The van der Waals surface area contributed by atoms with Gasteiger partial charge in [0.05, 0.1) is 53.3 Å². The van der Waals surface area contributed by atoms with Crippen LogP contribution in [0.4, 0.5) is 11.4 Å². The molecule has 2 atom stereocenters. The highest BCUT2D eigenvalue weighted by atomic mass is 16.5. The maximum Gasteiger partial charge on any atom is 0.212 e. The van der Waals surface area contributed by atoms with E-state index in [2.05, 4.69) is 155 Å². The molecule has 8 heterocycles. The zero-order valence-corrected chi connectivity index (χ0v) is 39.5. The maximum absolute atomic E-state index is 5.26. The van der Waals surface area contributed by atoms with E-state index in [1.54, 1.807) is 38.1 Å². The van der Waals surface area contributed by atoms with E-state index in [1.165, 1.54) is 21.8 Å². The summed E-state index contributed by atoms with van der Waals surface area (Å²) in [4.78, 5) is 32.1. The van der Waals surface area contributed by atoms with E-state index in [-0.39, 0.29) is 12.1 Å². The lowest BCUT2D eigenvalue weighted by Crippen LogP contribution is -2.33.